The van der Waals surface area contributed by atoms with E-state index >= 15 is 0 Å². The van der Waals surface area contributed by atoms with Gasteiger partial charge in [0.2, 0.25) is 5.75 Å². The molecule has 0 fully saturated rings. The van der Waals surface area contributed by atoms with Crippen molar-refractivity contribution in [2.75, 3.05) is 0 Å². The van der Waals surface area contributed by atoms with Gasteiger partial charge in [0.15, 0.2) is 0 Å². The Morgan fingerprint density at radius 2 is 1.73 bits per heavy atom. The number of nitro groups is 2. The molecule has 0 aliphatic rings. The largest absolute Gasteiger partial charge is 0.502 e. The lowest BCUT2D eigenvalue weighted by atomic mass is 10.1. The van der Waals surface area contributed by atoms with E-state index in [1.54, 1.807) is 6.92 Å². The Balaban J connectivity index is 3.58. The normalized spacial score (nSPS) is 9.93. The number of nitro benzene ring substituents is 2. The second kappa shape index (κ2) is 3.91. The minimum Gasteiger partial charge on any atom is -0.502 e. The van der Waals surface area contributed by atoms with Crippen LogP contribution in [-0.4, -0.2) is 15.0 Å². The average molecular weight is 212 g/mol. The maximum absolute atomic E-state index is 10.6. The number of phenolic OH excluding ortho intramolecular Hbond substituents is 1. The van der Waals surface area contributed by atoms with Gasteiger partial charge in [-0.2, -0.15) is 0 Å². The highest BCUT2D eigenvalue weighted by Gasteiger charge is 2.31. The Bertz CT molecular complexity index is 429. The van der Waals surface area contributed by atoms with E-state index in [1.807, 2.05) is 0 Å². The zero-order valence-electron chi connectivity index (χ0n) is 7.84. The van der Waals surface area contributed by atoms with E-state index in [-0.39, 0.29) is 12.0 Å². The topological polar surface area (TPSA) is 107 Å². The molecule has 7 heteroatoms. The van der Waals surface area contributed by atoms with E-state index in [2.05, 4.69) is 0 Å². The highest BCUT2D eigenvalue weighted by atomic mass is 16.6. The van der Waals surface area contributed by atoms with Crippen molar-refractivity contribution in [1.82, 2.24) is 0 Å². The summed E-state index contributed by atoms with van der Waals surface area (Å²) in [5, 5.41) is 30.4. The first-order valence-electron chi connectivity index (χ1n) is 4.12. The maximum atomic E-state index is 10.6. The zero-order chi connectivity index (χ0) is 11.6. The van der Waals surface area contributed by atoms with E-state index in [9.17, 15) is 25.3 Å². The fourth-order valence-electron chi connectivity index (χ4n) is 1.28. The predicted octanol–water partition coefficient (Wildman–Crippen LogP) is 1.77. The molecule has 0 unspecified atom stereocenters. The quantitative estimate of drug-likeness (QED) is 0.606. The van der Waals surface area contributed by atoms with Crippen molar-refractivity contribution >= 4 is 11.4 Å². The van der Waals surface area contributed by atoms with Gasteiger partial charge >= 0.3 is 11.4 Å². The SMILES string of the molecule is CCc1ccc(O)c([N+](=O)[O-])c1[N+](=O)[O-]. The number of aromatic hydroxyl groups is 1. The van der Waals surface area contributed by atoms with Crippen LogP contribution >= 0.6 is 0 Å². The molecule has 15 heavy (non-hydrogen) atoms. The van der Waals surface area contributed by atoms with Crippen LogP contribution in [-0.2, 0) is 6.42 Å². The van der Waals surface area contributed by atoms with Crippen LogP contribution in [0.15, 0.2) is 12.1 Å². The van der Waals surface area contributed by atoms with Crippen molar-refractivity contribution in [2.45, 2.75) is 13.3 Å². The Kier molecular flexibility index (Phi) is 2.84. The molecule has 1 aromatic rings. The summed E-state index contributed by atoms with van der Waals surface area (Å²) in [6, 6.07) is 2.39. The number of phenols is 1. The minimum absolute atomic E-state index is 0.226. The van der Waals surface area contributed by atoms with Gasteiger partial charge in [-0.3, -0.25) is 20.2 Å². The highest BCUT2D eigenvalue weighted by Crippen LogP contribution is 2.38. The van der Waals surface area contributed by atoms with Gasteiger partial charge in [-0.15, -0.1) is 0 Å². The summed E-state index contributed by atoms with van der Waals surface area (Å²) in [4.78, 5) is 19.4. The van der Waals surface area contributed by atoms with Crippen LogP contribution in [0.2, 0.25) is 0 Å². The molecule has 0 bridgehead atoms. The van der Waals surface area contributed by atoms with Crippen LogP contribution < -0.4 is 0 Å². The van der Waals surface area contributed by atoms with Gasteiger partial charge in [0.1, 0.15) is 0 Å². The van der Waals surface area contributed by atoms with Crippen molar-refractivity contribution in [3.05, 3.63) is 37.9 Å². The van der Waals surface area contributed by atoms with Crippen LogP contribution in [0, 0.1) is 20.2 Å². The molecule has 0 saturated carbocycles. The van der Waals surface area contributed by atoms with E-state index in [1.165, 1.54) is 6.07 Å². The molecule has 0 amide bonds. The number of nitrogens with zero attached hydrogens (tertiary/aromatic N) is 2. The monoisotopic (exact) mass is 212 g/mol. The molecule has 0 aromatic heterocycles. The van der Waals surface area contributed by atoms with Gasteiger partial charge < -0.3 is 5.11 Å². The van der Waals surface area contributed by atoms with E-state index < -0.39 is 27.0 Å². The van der Waals surface area contributed by atoms with Crippen molar-refractivity contribution in [2.24, 2.45) is 0 Å². The van der Waals surface area contributed by atoms with E-state index in [0.29, 0.717) is 0 Å². The molecule has 0 heterocycles. The number of rotatable bonds is 3. The molecular formula is C8H8N2O5. The summed E-state index contributed by atoms with van der Waals surface area (Å²) in [7, 11) is 0. The fraction of sp³-hybridized carbons (Fsp3) is 0.250. The van der Waals surface area contributed by atoms with Gasteiger partial charge in [-0.05, 0) is 18.6 Å². The maximum Gasteiger partial charge on any atom is 0.387 e. The molecule has 0 spiro atoms. The average Bonchev–Trinajstić information content (AvgIpc) is 2.16. The molecule has 0 atom stereocenters. The summed E-state index contributed by atoms with van der Waals surface area (Å²) in [6.07, 6.45) is 0.289. The highest BCUT2D eigenvalue weighted by molar-refractivity contribution is 5.65. The lowest BCUT2D eigenvalue weighted by Crippen LogP contribution is -2.00. The standard InChI is InChI=1S/C8H8N2O5/c1-2-5-3-4-6(11)8(10(14)15)7(5)9(12)13/h3-4,11H,2H2,1H3. The van der Waals surface area contributed by atoms with Crippen LogP contribution in [0.4, 0.5) is 11.4 Å². The first-order valence-corrected chi connectivity index (χ1v) is 4.12. The van der Waals surface area contributed by atoms with Crippen LogP contribution in [0.3, 0.4) is 0 Å². The summed E-state index contributed by atoms with van der Waals surface area (Å²) in [6.45, 7) is 1.64. The predicted molar refractivity (Wildman–Crippen MR) is 50.8 cm³/mol. The fourth-order valence-corrected chi connectivity index (χ4v) is 1.28. The van der Waals surface area contributed by atoms with Crippen molar-refractivity contribution in [3.8, 4) is 5.75 Å². The minimum atomic E-state index is -0.952. The Morgan fingerprint density at radius 3 is 2.13 bits per heavy atom. The summed E-state index contributed by atoms with van der Waals surface area (Å²) in [5.41, 5.74) is -1.26. The molecule has 7 nitrogen and oxygen atoms in total. The van der Waals surface area contributed by atoms with Crippen LogP contribution in [0.5, 0.6) is 5.75 Å². The molecule has 80 valence electrons. The van der Waals surface area contributed by atoms with Gasteiger partial charge in [-0.25, -0.2) is 0 Å². The first kappa shape index (κ1) is 10.9. The second-order valence-corrected chi connectivity index (χ2v) is 2.81. The Morgan fingerprint density at radius 1 is 1.20 bits per heavy atom. The number of hydrogen-bond donors (Lipinski definition) is 1. The lowest BCUT2D eigenvalue weighted by Gasteiger charge is -2.01. The van der Waals surface area contributed by atoms with Gasteiger partial charge in [0.05, 0.1) is 9.85 Å². The van der Waals surface area contributed by atoms with Crippen LogP contribution in [0.25, 0.3) is 0 Å². The Hall–Kier alpha value is -2.18. The third-order valence-corrected chi connectivity index (χ3v) is 1.96. The molecular weight excluding hydrogens is 204 g/mol. The van der Waals surface area contributed by atoms with E-state index in [4.69, 9.17) is 0 Å². The Labute approximate surface area is 84.3 Å². The third kappa shape index (κ3) is 1.85. The molecule has 1 rings (SSSR count). The summed E-state index contributed by atoms with van der Waals surface area (Å²) >= 11 is 0. The molecule has 0 saturated heterocycles. The first-order chi connectivity index (χ1) is 6.99. The third-order valence-electron chi connectivity index (χ3n) is 1.96. The number of aryl methyl sites for hydroxylation is 1. The lowest BCUT2D eigenvalue weighted by molar-refractivity contribution is -0.423. The molecule has 0 radical (unpaired) electrons. The second-order valence-electron chi connectivity index (χ2n) is 2.81. The van der Waals surface area contributed by atoms with Crippen molar-refractivity contribution < 1.29 is 15.0 Å². The van der Waals surface area contributed by atoms with Gasteiger partial charge in [0, 0.05) is 5.56 Å². The van der Waals surface area contributed by atoms with Gasteiger partial charge in [-0.1, -0.05) is 6.92 Å². The van der Waals surface area contributed by atoms with E-state index in [0.717, 1.165) is 6.07 Å². The molecule has 0 aliphatic heterocycles. The van der Waals surface area contributed by atoms with Gasteiger partial charge in [0.25, 0.3) is 0 Å². The molecule has 0 aliphatic carbocycles. The smallest absolute Gasteiger partial charge is 0.387 e. The van der Waals surface area contributed by atoms with Crippen LogP contribution in [0.1, 0.15) is 12.5 Å². The van der Waals surface area contributed by atoms with Crippen molar-refractivity contribution in [1.29, 1.82) is 0 Å². The number of hydrogen-bond acceptors (Lipinski definition) is 5. The molecule has 1 N–H and O–H groups in total. The number of benzene rings is 1. The zero-order valence-corrected chi connectivity index (χ0v) is 7.84. The molecule has 1 aromatic carbocycles. The van der Waals surface area contributed by atoms with Crippen molar-refractivity contribution in [3.63, 3.8) is 0 Å². The summed E-state index contributed by atoms with van der Waals surface area (Å²) in [5.74, 6) is -0.691. The summed E-state index contributed by atoms with van der Waals surface area (Å²) < 4.78 is 0.